The van der Waals surface area contributed by atoms with Gasteiger partial charge in [-0.25, -0.2) is 4.98 Å². The lowest BCUT2D eigenvalue weighted by atomic mass is 10.1. The van der Waals surface area contributed by atoms with Gasteiger partial charge in [0.25, 0.3) is 0 Å². The van der Waals surface area contributed by atoms with Crippen LogP contribution in [0.15, 0.2) is 41.8 Å². The smallest absolute Gasteiger partial charge is 0.228 e. The highest BCUT2D eigenvalue weighted by Gasteiger charge is 2.20. The van der Waals surface area contributed by atoms with Gasteiger partial charge in [0.15, 0.2) is 16.6 Å². The average molecular weight is 457 g/mol. The zero-order valence-corrected chi connectivity index (χ0v) is 19.8. The molecule has 0 aliphatic rings. The number of thiazole rings is 1. The molecule has 0 bridgehead atoms. The fourth-order valence-corrected chi connectivity index (χ4v) is 4.19. The Morgan fingerprint density at radius 1 is 0.938 bits per heavy atom. The van der Waals surface area contributed by atoms with E-state index in [9.17, 15) is 4.79 Å². The summed E-state index contributed by atoms with van der Waals surface area (Å²) in [6.07, 6.45) is 1.05. The maximum atomic E-state index is 12.7. The summed E-state index contributed by atoms with van der Waals surface area (Å²) in [6.45, 7) is 2.36. The van der Waals surface area contributed by atoms with E-state index in [2.05, 4.69) is 0 Å². The van der Waals surface area contributed by atoms with E-state index in [1.54, 1.807) is 33.3 Å². The van der Waals surface area contributed by atoms with Crippen LogP contribution in [-0.4, -0.2) is 45.9 Å². The maximum absolute atomic E-state index is 12.7. The molecule has 1 amide bonds. The minimum Gasteiger partial charge on any atom is -0.497 e. The van der Waals surface area contributed by atoms with E-state index in [1.807, 2.05) is 48.7 Å². The molecule has 0 saturated carbocycles. The summed E-state index contributed by atoms with van der Waals surface area (Å²) < 4.78 is 21.5. The molecule has 32 heavy (non-hydrogen) atoms. The van der Waals surface area contributed by atoms with Crippen molar-refractivity contribution < 1.29 is 23.7 Å². The Bertz CT molecular complexity index is 1070. The Morgan fingerprint density at radius 3 is 2.31 bits per heavy atom. The van der Waals surface area contributed by atoms with Crippen molar-refractivity contribution in [3.8, 4) is 34.3 Å². The number of methoxy groups -OCH3 is 4. The van der Waals surface area contributed by atoms with Gasteiger partial charge in [-0.2, -0.15) is 0 Å². The van der Waals surface area contributed by atoms with Crippen molar-refractivity contribution >= 4 is 22.4 Å². The first-order valence-corrected chi connectivity index (χ1v) is 11.1. The summed E-state index contributed by atoms with van der Waals surface area (Å²) in [5.74, 6) is 2.77. The van der Waals surface area contributed by atoms with Crippen molar-refractivity contribution in [3.63, 3.8) is 0 Å². The molecule has 0 atom stereocenters. The number of benzene rings is 2. The summed E-state index contributed by atoms with van der Waals surface area (Å²) in [7, 11) is 6.46. The Balaban J connectivity index is 1.85. The largest absolute Gasteiger partial charge is 0.497 e. The van der Waals surface area contributed by atoms with E-state index in [0.29, 0.717) is 47.5 Å². The molecule has 0 N–H and O–H groups in total. The zero-order valence-electron chi connectivity index (χ0n) is 19.0. The van der Waals surface area contributed by atoms with Crippen LogP contribution >= 0.6 is 11.3 Å². The van der Waals surface area contributed by atoms with Crippen molar-refractivity contribution in [2.45, 2.75) is 19.8 Å². The van der Waals surface area contributed by atoms with Gasteiger partial charge < -0.3 is 18.9 Å². The van der Waals surface area contributed by atoms with E-state index >= 15 is 0 Å². The van der Waals surface area contributed by atoms with Gasteiger partial charge in [0.05, 0.1) is 34.1 Å². The first kappa shape index (κ1) is 23.4. The first-order valence-electron chi connectivity index (χ1n) is 10.2. The standard InChI is InChI=1S/C24H28N2O5S/c1-6-23(27)26(12-11-16-7-9-21(30-4)22(13-16)31-5)24-25-19(15-32-24)18-14-17(28-2)8-10-20(18)29-3/h7-10,13-15H,6,11-12H2,1-5H3. The number of nitrogens with zero attached hydrogens (tertiary/aromatic N) is 2. The number of carbonyl (C=O) groups excluding carboxylic acids is 1. The van der Waals surface area contributed by atoms with Crippen LogP contribution in [0.4, 0.5) is 5.13 Å². The maximum Gasteiger partial charge on any atom is 0.228 e. The first-order chi connectivity index (χ1) is 15.5. The summed E-state index contributed by atoms with van der Waals surface area (Å²) in [6, 6.07) is 11.3. The summed E-state index contributed by atoms with van der Waals surface area (Å²) in [5, 5.41) is 2.58. The van der Waals surface area contributed by atoms with Crippen molar-refractivity contribution in [1.82, 2.24) is 4.98 Å². The van der Waals surface area contributed by atoms with E-state index in [1.165, 1.54) is 11.3 Å². The fraction of sp³-hybridized carbons (Fsp3) is 0.333. The number of rotatable bonds is 10. The number of hydrogen-bond acceptors (Lipinski definition) is 7. The number of amides is 1. The molecule has 170 valence electrons. The van der Waals surface area contributed by atoms with Gasteiger partial charge in [-0.3, -0.25) is 9.69 Å². The number of carbonyl (C=O) groups is 1. The van der Waals surface area contributed by atoms with Crippen molar-refractivity contribution in [1.29, 1.82) is 0 Å². The van der Waals surface area contributed by atoms with Crippen molar-refractivity contribution in [2.24, 2.45) is 0 Å². The summed E-state index contributed by atoms with van der Waals surface area (Å²) in [4.78, 5) is 19.2. The van der Waals surface area contributed by atoms with Gasteiger partial charge in [-0.05, 0) is 42.3 Å². The topological polar surface area (TPSA) is 70.1 Å². The second-order valence-electron chi connectivity index (χ2n) is 6.92. The van der Waals surface area contributed by atoms with E-state index in [0.717, 1.165) is 16.8 Å². The van der Waals surface area contributed by atoms with Gasteiger partial charge >= 0.3 is 0 Å². The number of hydrogen-bond donors (Lipinski definition) is 0. The Hall–Kier alpha value is -3.26. The average Bonchev–Trinajstić information content (AvgIpc) is 3.33. The van der Waals surface area contributed by atoms with Crippen LogP contribution in [0.25, 0.3) is 11.3 Å². The second kappa shape index (κ2) is 10.9. The zero-order chi connectivity index (χ0) is 23.1. The van der Waals surface area contributed by atoms with Gasteiger partial charge in [-0.15, -0.1) is 11.3 Å². The highest BCUT2D eigenvalue weighted by molar-refractivity contribution is 7.14. The summed E-state index contributed by atoms with van der Waals surface area (Å²) in [5.41, 5.74) is 2.60. The van der Waals surface area contributed by atoms with Gasteiger partial charge in [0.2, 0.25) is 5.91 Å². The molecule has 3 aromatic rings. The van der Waals surface area contributed by atoms with Crippen LogP contribution in [0, 0.1) is 0 Å². The SMILES string of the molecule is CCC(=O)N(CCc1ccc(OC)c(OC)c1)c1nc(-c2cc(OC)ccc2OC)cs1. The second-order valence-corrected chi connectivity index (χ2v) is 7.76. The van der Waals surface area contributed by atoms with Crippen LogP contribution in [-0.2, 0) is 11.2 Å². The van der Waals surface area contributed by atoms with Crippen LogP contribution in [0.2, 0.25) is 0 Å². The molecule has 7 nitrogen and oxygen atoms in total. The van der Waals surface area contributed by atoms with Gasteiger partial charge in [0, 0.05) is 23.9 Å². The van der Waals surface area contributed by atoms with E-state index in [4.69, 9.17) is 23.9 Å². The molecule has 1 aromatic heterocycles. The molecule has 8 heteroatoms. The molecule has 0 aliphatic carbocycles. The number of aromatic nitrogens is 1. The van der Waals surface area contributed by atoms with Gasteiger partial charge in [0.1, 0.15) is 11.5 Å². The highest BCUT2D eigenvalue weighted by Crippen LogP contribution is 2.36. The molecule has 0 saturated heterocycles. The molecule has 0 unspecified atom stereocenters. The monoisotopic (exact) mass is 456 g/mol. The third-order valence-electron chi connectivity index (χ3n) is 5.08. The Morgan fingerprint density at radius 2 is 1.66 bits per heavy atom. The molecular weight excluding hydrogens is 428 g/mol. The van der Waals surface area contributed by atoms with Gasteiger partial charge in [-0.1, -0.05) is 13.0 Å². The lowest BCUT2D eigenvalue weighted by Crippen LogP contribution is -2.32. The predicted octanol–water partition coefficient (Wildman–Crippen LogP) is 4.83. The lowest BCUT2D eigenvalue weighted by Gasteiger charge is -2.19. The molecule has 1 heterocycles. The lowest BCUT2D eigenvalue weighted by molar-refractivity contribution is -0.118. The quantitative estimate of drug-likeness (QED) is 0.435. The Kier molecular flexibility index (Phi) is 7.94. The highest BCUT2D eigenvalue weighted by atomic mass is 32.1. The predicted molar refractivity (Wildman–Crippen MR) is 127 cm³/mol. The van der Waals surface area contributed by atoms with Crippen LogP contribution in [0.3, 0.4) is 0 Å². The van der Waals surface area contributed by atoms with Crippen molar-refractivity contribution in [3.05, 3.63) is 47.3 Å². The molecule has 2 aromatic carbocycles. The third-order valence-corrected chi connectivity index (χ3v) is 5.94. The minimum atomic E-state index is 0.0176. The molecule has 0 spiro atoms. The molecular formula is C24H28N2O5S. The molecule has 3 rings (SSSR count). The van der Waals surface area contributed by atoms with E-state index in [-0.39, 0.29) is 5.91 Å². The van der Waals surface area contributed by atoms with Crippen LogP contribution in [0.1, 0.15) is 18.9 Å². The number of anilines is 1. The van der Waals surface area contributed by atoms with Crippen LogP contribution in [0.5, 0.6) is 23.0 Å². The number of ether oxygens (including phenoxy) is 4. The molecule has 0 aliphatic heterocycles. The Labute approximate surface area is 192 Å². The van der Waals surface area contributed by atoms with Crippen molar-refractivity contribution in [2.75, 3.05) is 39.9 Å². The van der Waals surface area contributed by atoms with Crippen LogP contribution < -0.4 is 23.8 Å². The minimum absolute atomic E-state index is 0.0176. The third kappa shape index (κ3) is 5.13. The van der Waals surface area contributed by atoms with E-state index < -0.39 is 0 Å². The molecule has 0 fully saturated rings. The normalized spacial score (nSPS) is 10.5. The molecule has 0 radical (unpaired) electrons. The fourth-order valence-electron chi connectivity index (χ4n) is 3.32. The summed E-state index contributed by atoms with van der Waals surface area (Å²) >= 11 is 1.43.